The van der Waals surface area contributed by atoms with Crippen LogP contribution in [-0.4, -0.2) is 23.4 Å². The van der Waals surface area contributed by atoms with Crippen LogP contribution in [0.15, 0.2) is 24.3 Å². The minimum absolute atomic E-state index is 0.0695. The van der Waals surface area contributed by atoms with Crippen LogP contribution < -0.4 is 0 Å². The minimum Gasteiger partial charge on any atom is -0.338 e. The summed E-state index contributed by atoms with van der Waals surface area (Å²) in [7, 11) is 0. The summed E-state index contributed by atoms with van der Waals surface area (Å²) in [6, 6.07) is 6.83. The monoisotopic (exact) mass is 296 g/mol. The lowest BCUT2D eigenvalue weighted by Gasteiger charge is -2.21. The van der Waals surface area contributed by atoms with E-state index in [9.17, 15) is 18.0 Å². The molecule has 0 unspecified atom stereocenters. The van der Waals surface area contributed by atoms with Crippen molar-refractivity contribution < 1.29 is 18.0 Å². The van der Waals surface area contributed by atoms with Gasteiger partial charge in [0.1, 0.15) is 0 Å². The molecule has 3 nitrogen and oxygen atoms in total. The lowest BCUT2D eigenvalue weighted by Crippen LogP contribution is -2.35. The van der Waals surface area contributed by atoms with Crippen molar-refractivity contribution in [1.82, 2.24) is 4.90 Å². The van der Waals surface area contributed by atoms with Crippen LogP contribution in [0.25, 0.3) is 0 Å². The first-order valence-electron chi connectivity index (χ1n) is 6.74. The molecule has 1 aromatic carbocycles. The molecule has 0 spiro atoms. The molecule has 1 aromatic rings. The van der Waals surface area contributed by atoms with E-state index in [4.69, 9.17) is 5.26 Å². The molecular formula is C15H15F3N2O. The van der Waals surface area contributed by atoms with Gasteiger partial charge >= 0.3 is 6.18 Å². The number of alkyl halides is 3. The van der Waals surface area contributed by atoms with E-state index in [-0.39, 0.29) is 24.8 Å². The number of nitrogens with zero attached hydrogens (tertiary/aromatic N) is 2. The normalized spacial score (nSPS) is 14.6. The molecule has 21 heavy (non-hydrogen) atoms. The van der Waals surface area contributed by atoms with Gasteiger partial charge in [-0.2, -0.15) is 18.4 Å². The fourth-order valence-corrected chi connectivity index (χ4v) is 2.16. The van der Waals surface area contributed by atoms with Crippen LogP contribution >= 0.6 is 0 Å². The number of halogens is 3. The quantitative estimate of drug-likeness (QED) is 0.837. The first-order valence-corrected chi connectivity index (χ1v) is 6.74. The average Bonchev–Trinajstić information content (AvgIpc) is 3.23. The third-order valence-electron chi connectivity index (χ3n) is 3.41. The molecule has 0 atom stereocenters. The maximum Gasteiger partial charge on any atom is 0.416 e. The molecular weight excluding hydrogens is 281 g/mol. The fourth-order valence-electron chi connectivity index (χ4n) is 2.16. The minimum atomic E-state index is -4.37. The maximum atomic E-state index is 12.5. The molecule has 0 heterocycles. The molecule has 2 rings (SSSR count). The lowest BCUT2D eigenvalue weighted by molar-refractivity contribution is -0.137. The number of nitriles is 1. The van der Waals surface area contributed by atoms with Crippen molar-refractivity contribution in [3.8, 4) is 6.07 Å². The summed E-state index contributed by atoms with van der Waals surface area (Å²) in [6.07, 6.45) is -2.15. The van der Waals surface area contributed by atoms with E-state index in [0.717, 1.165) is 25.0 Å². The third kappa shape index (κ3) is 4.22. The van der Waals surface area contributed by atoms with Crippen LogP contribution in [0.4, 0.5) is 13.2 Å². The predicted molar refractivity (Wildman–Crippen MR) is 70.1 cm³/mol. The zero-order valence-electron chi connectivity index (χ0n) is 11.4. The highest BCUT2D eigenvalue weighted by Gasteiger charge is 2.32. The van der Waals surface area contributed by atoms with E-state index in [1.165, 1.54) is 12.1 Å². The van der Waals surface area contributed by atoms with Crippen molar-refractivity contribution in [2.24, 2.45) is 0 Å². The SMILES string of the molecule is N#CCCN(C(=O)Cc1ccc(C(F)(F)F)cc1)C1CC1. The van der Waals surface area contributed by atoms with Crippen molar-refractivity contribution in [2.45, 2.75) is 37.9 Å². The second-order valence-corrected chi connectivity index (χ2v) is 5.10. The Kier molecular flexibility index (Phi) is 4.51. The number of benzene rings is 1. The highest BCUT2D eigenvalue weighted by Crippen LogP contribution is 2.30. The molecule has 0 bridgehead atoms. The summed E-state index contributed by atoms with van der Waals surface area (Å²) >= 11 is 0. The summed E-state index contributed by atoms with van der Waals surface area (Å²) in [4.78, 5) is 13.8. The molecule has 0 aliphatic heterocycles. The second kappa shape index (κ2) is 6.17. The van der Waals surface area contributed by atoms with Crippen LogP contribution in [0.3, 0.4) is 0 Å². The Balaban J connectivity index is 1.99. The average molecular weight is 296 g/mol. The van der Waals surface area contributed by atoms with E-state index in [1.807, 2.05) is 6.07 Å². The Bertz CT molecular complexity index is 542. The van der Waals surface area contributed by atoms with Crippen LogP contribution in [-0.2, 0) is 17.4 Å². The first-order chi connectivity index (χ1) is 9.91. The first kappa shape index (κ1) is 15.4. The van der Waals surface area contributed by atoms with Crippen molar-refractivity contribution in [1.29, 1.82) is 5.26 Å². The molecule has 0 radical (unpaired) electrons. The van der Waals surface area contributed by atoms with Crippen LogP contribution in [0, 0.1) is 11.3 Å². The molecule has 1 fully saturated rings. The largest absolute Gasteiger partial charge is 0.416 e. The topological polar surface area (TPSA) is 44.1 Å². The summed E-state index contributed by atoms with van der Waals surface area (Å²) in [5.41, 5.74) is -0.169. The number of hydrogen-bond donors (Lipinski definition) is 0. The van der Waals surface area contributed by atoms with Gasteiger partial charge < -0.3 is 4.90 Å². The molecule has 1 aliphatic carbocycles. The van der Waals surface area contributed by atoms with Crippen molar-refractivity contribution >= 4 is 5.91 Å². The van der Waals surface area contributed by atoms with Crippen molar-refractivity contribution in [3.63, 3.8) is 0 Å². The van der Waals surface area contributed by atoms with Crippen molar-refractivity contribution in [2.75, 3.05) is 6.54 Å². The van der Waals surface area contributed by atoms with Crippen LogP contribution in [0.5, 0.6) is 0 Å². The Morgan fingerprint density at radius 3 is 2.38 bits per heavy atom. The third-order valence-corrected chi connectivity index (χ3v) is 3.41. The fraction of sp³-hybridized carbons (Fsp3) is 0.467. The molecule has 1 saturated carbocycles. The number of hydrogen-bond acceptors (Lipinski definition) is 2. The highest BCUT2D eigenvalue weighted by molar-refractivity contribution is 5.79. The second-order valence-electron chi connectivity index (χ2n) is 5.10. The standard InChI is InChI=1S/C15H15F3N2O/c16-15(17,18)12-4-2-11(3-5-12)10-14(21)20(9-1-8-19)13-6-7-13/h2-5,13H,1,6-7,9-10H2. The lowest BCUT2D eigenvalue weighted by atomic mass is 10.1. The summed E-state index contributed by atoms with van der Waals surface area (Å²) in [6.45, 7) is 0.390. The number of carbonyl (C=O) groups is 1. The van der Waals surface area contributed by atoms with E-state index >= 15 is 0 Å². The number of amides is 1. The van der Waals surface area contributed by atoms with E-state index in [2.05, 4.69) is 0 Å². The van der Waals surface area contributed by atoms with E-state index < -0.39 is 11.7 Å². The zero-order valence-corrected chi connectivity index (χ0v) is 11.4. The van der Waals surface area contributed by atoms with Gasteiger partial charge in [-0.15, -0.1) is 0 Å². The zero-order chi connectivity index (χ0) is 15.5. The van der Waals surface area contributed by atoms with Crippen LogP contribution in [0.2, 0.25) is 0 Å². The predicted octanol–water partition coefficient (Wildman–Crippen LogP) is 3.15. The highest BCUT2D eigenvalue weighted by atomic mass is 19.4. The summed E-state index contributed by atoms with van der Waals surface area (Å²) in [5.74, 6) is -0.132. The van der Waals surface area contributed by atoms with Gasteiger partial charge in [-0.25, -0.2) is 0 Å². The Hall–Kier alpha value is -2.03. The smallest absolute Gasteiger partial charge is 0.338 e. The molecule has 1 aliphatic rings. The van der Waals surface area contributed by atoms with Gasteiger partial charge in [0.05, 0.1) is 24.5 Å². The Labute approximate surface area is 121 Å². The van der Waals surface area contributed by atoms with Gasteiger partial charge in [0, 0.05) is 12.6 Å². The number of rotatable bonds is 5. The van der Waals surface area contributed by atoms with Crippen molar-refractivity contribution in [3.05, 3.63) is 35.4 Å². The van der Waals surface area contributed by atoms with Gasteiger partial charge in [-0.05, 0) is 30.5 Å². The molecule has 0 saturated heterocycles. The maximum absolute atomic E-state index is 12.5. The van der Waals surface area contributed by atoms with Gasteiger partial charge in [-0.3, -0.25) is 4.79 Å². The van der Waals surface area contributed by atoms with Gasteiger partial charge in [0.15, 0.2) is 0 Å². The molecule has 0 N–H and O–H groups in total. The van der Waals surface area contributed by atoms with Gasteiger partial charge in [0.2, 0.25) is 5.91 Å². The molecule has 112 valence electrons. The summed E-state index contributed by atoms with van der Waals surface area (Å²) in [5, 5.41) is 8.60. The van der Waals surface area contributed by atoms with E-state index in [1.54, 1.807) is 4.90 Å². The Morgan fingerprint density at radius 1 is 1.29 bits per heavy atom. The Morgan fingerprint density at radius 2 is 1.90 bits per heavy atom. The number of carbonyl (C=O) groups excluding carboxylic acids is 1. The van der Waals surface area contributed by atoms with Gasteiger partial charge in [-0.1, -0.05) is 12.1 Å². The molecule has 6 heteroatoms. The molecule has 0 aromatic heterocycles. The molecule has 1 amide bonds. The van der Waals surface area contributed by atoms with Gasteiger partial charge in [0.25, 0.3) is 0 Å². The van der Waals surface area contributed by atoms with Crippen LogP contribution in [0.1, 0.15) is 30.4 Å². The van der Waals surface area contributed by atoms with E-state index in [0.29, 0.717) is 12.1 Å². The summed E-state index contributed by atoms with van der Waals surface area (Å²) < 4.78 is 37.4.